The van der Waals surface area contributed by atoms with Crippen molar-refractivity contribution in [3.63, 3.8) is 0 Å². The average molecular weight is 590 g/mol. The molecule has 1 unspecified atom stereocenters. The maximum Gasteiger partial charge on any atom is 0.475 e. The van der Waals surface area contributed by atoms with Crippen molar-refractivity contribution < 1.29 is 32.7 Å². The highest BCUT2D eigenvalue weighted by molar-refractivity contribution is 7.48. The molecule has 9 heteroatoms. The summed E-state index contributed by atoms with van der Waals surface area (Å²) in [6.07, 6.45) is 0.356. The molecule has 8 nitrogen and oxygen atoms in total. The third-order valence-electron chi connectivity index (χ3n) is 7.62. The Labute approximate surface area is 246 Å². The molecule has 7 atom stereocenters. The van der Waals surface area contributed by atoms with E-state index in [1.807, 2.05) is 81.4 Å². The Kier molecular flexibility index (Phi) is 16.4. The lowest BCUT2D eigenvalue weighted by molar-refractivity contribution is -0.0514. The molecule has 0 saturated heterocycles. The summed E-state index contributed by atoms with van der Waals surface area (Å²) in [6.45, 7) is 18.1. The maximum absolute atomic E-state index is 13.7. The zero-order valence-corrected chi connectivity index (χ0v) is 26.1. The van der Waals surface area contributed by atoms with Gasteiger partial charge in [-0.15, -0.1) is 0 Å². The standard InChI is InChI=1S/C32H48NO7P/c1-7-31(36-22-29-14-10-8-11-15-29)28(5)26(3)21-39-41(35,38-19-18-33-6)40-24-32(27(4)25(2)20-34)37-23-30-16-12-9-13-17-30/h8-17,25-28,31-32,34H,7,18-24H2,1-5H3/t25-,26-,27-,28-,31+,32+,41?/m1/s1. The minimum absolute atomic E-state index is 0.00410. The summed E-state index contributed by atoms with van der Waals surface area (Å²) >= 11 is 0. The largest absolute Gasteiger partial charge is 0.475 e. The number of benzene rings is 2. The van der Waals surface area contributed by atoms with Gasteiger partial charge in [0.2, 0.25) is 6.54 Å². The lowest BCUT2D eigenvalue weighted by Gasteiger charge is -2.31. The van der Waals surface area contributed by atoms with Crippen LogP contribution in [0.5, 0.6) is 0 Å². The Hall–Kier alpha value is -2.08. The average Bonchev–Trinajstić information content (AvgIpc) is 3.00. The molecule has 41 heavy (non-hydrogen) atoms. The van der Waals surface area contributed by atoms with Crippen molar-refractivity contribution in [1.29, 1.82) is 0 Å². The van der Waals surface area contributed by atoms with E-state index in [1.165, 1.54) is 0 Å². The number of hydrogen-bond acceptors (Lipinski definition) is 7. The van der Waals surface area contributed by atoms with E-state index in [2.05, 4.69) is 18.7 Å². The van der Waals surface area contributed by atoms with E-state index in [9.17, 15) is 9.67 Å². The van der Waals surface area contributed by atoms with Crippen LogP contribution in [0, 0.1) is 30.2 Å². The number of aliphatic hydroxyl groups excluding tert-OH is 1. The fourth-order valence-corrected chi connectivity index (χ4v) is 5.56. The second-order valence-corrected chi connectivity index (χ2v) is 12.4. The Bertz CT molecular complexity index is 1050. The fourth-order valence-electron chi connectivity index (χ4n) is 4.28. The van der Waals surface area contributed by atoms with Crippen molar-refractivity contribution in [1.82, 2.24) is 0 Å². The molecule has 228 valence electrons. The summed E-state index contributed by atoms with van der Waals surface area (Å²) in [6, 6.07) is 19.8. The van der Waals surface area contributed by atoms with Crippen molar-refractivity contribution in [2.24, 2.45) is 23.7 Å². The van der Waals surface area contributed by atoms with E-state index < -0.39 is 13.9 Å². The summed E-state index contributed by atoms with van der Waals surface area (Å²) in [5.74, 6) is -0.0415. The molecular weight excluding hydrogens is 541 g/mol. The maximum atomic E-state index is 13.7. The summed E-state index contributed by atoms with van der Waals surface area (Å²) in [4.78, 5) is 3.29. The van der Waals surface area contributed by atoms with Crippen molar-refractivity contribution in [2.75, 3.05) is 33.0 Å². The summed E-state index contributed by atoms with van der Waals surface area (Å²) in [5.41, 5.74) is 2.11. The van der Waals surface area contributed by atoms with Gasteiger partial charge in [0.15, 0.2) is 0 Å². The molecule has 2 aromatic carbocycles. The van der Waals surface area contributed by atoms with Gasteiger partial charge in [-0.3, -0.25) is 13.6 Å². The first kappa shape index (κ1) is 35.1. The topological polar surface area (TPSA) is 87.8 Å². The Morgan fingerprint density at radius 1 is 0.780 bits per heavy atom. The minimum Gasteiger partial charge on any atom is -0.396 e. The summed E-state index contributed by atoms with van der Waals surface area (Å²) in [5, 5.41) is 9.74. The van der Waals surface area contributed by atoms with Crippen molar-refractivity contribution >= 4 is 7.82 Å². The fraction of sp³-hybridized carbons (Fsp3) is 0.594. The molecule has 0 aliphatic carbocycles. The van der Waals surface area contributed by atoms with E-state index in [-0.39, 0.29) is 62.7 Å². The van der Waals surface area contributed by atoms with Gasteiger partial charge in [0.25, 0.3) is 0 Å². The van der Waals surface area contributed by atoms with Crippen molar-refractivity contribution in [2.45, 2.75) is 66.5 Å². The molecular formula is C32H48NO7P. The van der Waals surface area contributed by atoms with E-state index in [4.69, 9.17) is 29.6 Å². The predicted octanol–water partition coefficient (Wildman–Crippen LogP) is 7.18. The molecule has 0 aliphatic rings. The van der Waals surface area contributed by atoms with Crippen molar-refractivity contribution in [3.05, 3.63) is 83.2 Å². The van der Waals surface area contributed by atoms with Gasteiger partial charge in [-0.1, -0.05) is 95.3 Å². The lowest BCUT2D eigenvalue weighted by Crippen LogP contribution is -2.33. The molecule has 0 saturated carbocycles. The lowest BCUT2D eigenvalue weighted by atomic mass is 9.90. The van der Waals surface area contributed by atoms with Crippen LogP contribution in [0.4, 0.5) is 0 Å². The molecule has 0 fully saturated rings. The van der Waals surface area contributed by atoms with Crippen LogP contribution >= 0.6 is 7.82 Å². The third kappa shape index (κ3) is 12.8. The highest BCUT2D eigenvalue weighted by atomic mass is 31.2. The first-order valence-corrected chi connectivity index (χ1v) is 16.0. The first-order valence-electron chi connectivity index (χ1n) is 14.5. The monoisotopic (exact) mass is 589 g/mol. The zero-order chi connectivity index (χ0) is 30.1. The highest BCUT2D eigenvalue weighted by Gasteiger charge is 2.33. The van der Waals surface area contributed by atoms with E-state index in [0.29, 0.717) is 13.2 Å². The molecule has 0 amide bonds. The normalized spacial score (nSPS) is 17.5. The molecule has 0 aliphatic heterocycles. The van der Waals surface area contributed by atoms with Crippen LogP contribution in [0.1, 0.15) is 52.2 Å². The van der Waals surface area contributed by atoms with Gasteiger partial charge in [0.1, 0.15) is 6.61 Å². The summed E-state index contributed by atoms with van der Waals surface area (Å²) in [7, 11) is -4.00. The molecule has 1 N–H and O–H groups in total. The number of phosphoric acid groups is 1. The number of ether oxygens (including phenoxy) is 2. The highest BCUT2D eigenvalue weighted by Crippen LogP contribution is 2.50. The van der Waals surface area contributed by atoms with E-state index in [1.54, 1.807) is 0 Å². The van der Waals surface area contributed by atoms with E-state index in [0.717, 1.165) is 17.5 Å². The molecule has 2 rings (SSSR count). The van der Waals surface area contributed by atoms with E-state index >= 15 is 0 Å². The third-order valence-corrected chi connectivity index (χ3v) is 9.05. The number of rotatable bonds is 21. The quantitative estimate of drug-likeness (QED) is 0.0937. The Morgan fingerprint density at radius 3 is 1.80 bits per heavy atom. The number of aliphatic hydroxyl groups is 1. The van der Waals surface area contributed by atoms with Crippen LogP contribution in [-0.4, -0.2) is 50.3 Å². The van der Waals surface area contributed by atoms with Gasteiger partial charge in [-0.25, -0.2) is 11.1 Å². The number of nitrogens with zero attached hydrogens (tertiary/aromatic N) is 1. The molecule has 0 aromatic heterocycles. The van der Waals surface area contributed by atoms with Crippen molar-refractivity contribution in [3.8, 4) is 0 Å². The minimum atomic E-state index is -4.00. The summed E-state index contributed by atoms with van der Waals surface area (Å²) < 4.78 is 43.3. The molecule has 0 heterocycles. The molecule has 0 radical (unpaired) electrons. The van der Waals surface area contributed by atoms with Gasteiger partial charge in [-0.2, -0.15) is 0 Å². The van der Waals surface area contributed by atoms with Crippen LogP contribution in [0.3, 0.4) is 0 Å². The Morgan fingerprint density at radius 2 is 1.29 bits per heavy atom. The SMILES string of the molecule is [C-]#[N+]CCOP(=O)(OC[C@@H](C)[C@@H](C)[C@H](CC)OCc1ccccc1)OC[C@H](OCc1ccccc1)[C@H](C)[C@H](C)CO. The van der Waals surface area contributed by atoms with Crippen LogP contribution in [0.15, 0.2) is 60.7 Å². The van der Waals surface area contributed by atoms with Crippen LogP contribution in [0.2, 0.25) is 0 Å². The zero-order valence-electron chi connectivity index (χ0n) is 25.2. The number of phosphoric ester groups is 1. The second kappa shape index (κ2) is 19.2. The molecule has 0 spiro atoms. The Balaban J connectivity index is 2.03. The second-order valence-electron chi connectivity index (χ2n) is 10.7. The predicted molar refractivity (Wildman–Crippen MR) is 161 cm³/mol. The van der Waals surface area contributed by atoms with Gasteiger partial charge in [0, 0.05) is 6.61 Å². The van der Waals surface area contributed by atoms with Gasteiger partial charge < -0.3 is 19.4 Å². The number of hydrogen-bond donors (Lipinski definition) is 1. The van der Waals surface area contributed by atoms with Gasteiger partial charge in [-0.05, 0) is 41.2 Å². The molecule has 0 bridgehead atoms. The first-order chi connectivity index (χ1) is 19.7. The smallest absolute Gasteiger partial charge is 0.396 e. The van der Waals surface area contributed by atoms with Crippen LogP contribution < -0.4 is 0 Å². The van der Waals surface area contributed by atoms with Gasteiger partial charge in [0.05, 0.1) is 38.6 Å². The van der Waals surface area contributed by atoms with Gasteiger partial charge >= 0.3 is 7.82 Å². The van der Waals surface area contributed by atoms with Crippen LogP contribution in [-0.2, 0) is 40.8 Å². The van der Waals surface area contributed by atoms with Crippen LogP contribution in [0.25, 0.3) is 4.85 Å². The molecule has 2 aromatic rings.